The summed E-state index contributed by atoms with van der Waals surface area (Å²) in [4.78, 5) is 13.6. The number of amides is 1. The highest BCUT2D eigenvalue weighted by atomic mass is 16.2. The molecule has 0 aliphatic carbocycles. The van der Waals surface area contributed by atoms with Crippen LogP contribution >= 0.6 is 0 Å². The van der Waals surface area contributed by atoms with Crippen molar-refractivity contribution in [1.82, 2.24) is 14.7 Å². The van der Waals surface area contributed by atoms with Crippen molar-refractivity contribution >= 4 is 5.91 Å². The number of benzene rings is 1. The summed E-state index contributed by atoms with van der Waals surface area (Å²) in [6.07, 6.45) is 0.882. The Hall–Kier alpha value is -2.10. The van der Waals surface area contributed by atoms with Gasteiger partial charge in [0, 0.05) is 49.3 Å². The minimum atomic E-state index is 0.136. The molecule has 0 saturated heterocycles. The van der Waals surface area contributed by atoms with Gasteiger partial charge >= 0.3 is 0 Å². The fourth-order valence-electron chi connectivity index (χ4n) is 2.97. The molecule has 0 spiro atoms. The van der Waals surface area contributed by atoms with Crippen LogP contribution in [0, 0.1) is 0 Å². The predicted molar refractivity (Wildman–Crippen MR) is 82.8 cm³/mol. The molecule has 0 bridgehead atoms. The minimum Gasteiger partial charge on any atom is -0.338 e. The molecular formula is C17H21N3O. The summed E-state index contributed by atoms with van der Waals surface area (Å²) in [5.41, 5.74) is 4.63. The second-order valence-electron chi connectivity index (χ2n) is 5.87. The molecule has 1 aliphatic rings. The van der Waals surface area contributed by atoms with E-state index in [2.05, 4.69) is 30.7 Å². The van der Waals surface area contributed by atoms with Gasteiger partial charge in [-0.1, -0.05) is 30.3 Å². The van der Waals surface area contributed by atoms with E-state index in [0.717, 1.165) is 24.2 Å². The molecule has 0 atom stereocenters. The number of carbonyl (C=O) groups excluding carboxylic acids is 1. The molecule has 1 aromatic heterocycles. The Balaban J connectivity index is 2.11. The highest BCUT2D eigenvalue weighted by Crippen LogP contribution is 2.31. The normalized spacial score (nSPS) is 14.4. The molecule has 3 rings (SSSR count). The van der Waals surface area contributed by atoms with E-state index >= 15 is 0 Å². The van der Waals surface area contributed by atoms with E-state index in [1.54, 1.807) is 6.92 Å². The van der Waals surface area contributed by atoms with Gasteiger partial charge in [0.25, 0.3) is 0 Å². The van der Waals surface area contributed by atoms with Gasteiger partial charge in [-0.05, 0) is 13.8 Å². The first kappa shape index (κ1) is 13.9. The molecule has 0 N–H and O–H groups in total. The lowest BCUT2D eigenvalue weighted by Gasteiger charge is -2.27. The van der Waals surface area contributed by atoms with Crippen LogP contribution in [0.2, 0.25) is 0 Å². The maximum Gasteiger partial charge on any atom is 0.219 e. The minimum absolute atomic E-state index is 0.136. The lowest BCUT2D eigenvalue weighted by molar-refractivity contribution is -0.129. The maximum absolute atomic E-state index is 11.7. The SMILES string of the molecule is CC(=O)N1CCc2c(c(-c3ccccc3)nn2C(C)C)C1. The third kappa shape index (κ3) is 2.46. The van der Waals surface area contributed by atoms with Crippen LogP contribution in [0.3, 0.4) is 0 Å². The van der Waals surface area contributed by atoms with Crippen LogP contribution in [0.1, 0.15) is 38.1 Å². The van der Waals surface area contributed by atoms with Crippen molar-refractivity contribution in [3.63, 3.8) is 0 Å². The number of hydrogen-bond donors (Lipinski definition) is 0. The molecule has 0 fully saturated rings. The van der Waals surface area contributed by atoms with Gasteiger partial charge in [0.2, 0.25) is 5.91 Å². The van der Waals surface area contributed by atoms with Crippen molar-refractivity contribution in [1.29, 1.82) is 0 Å². The topological polar surface area (TPSA) is 38.1 Å². The summed E-state index contributed by atoms with van der Waals surface area (Å²) in [6.45, 7) is 7.40. The van der Waals surface area contributed by atoms with Crippen molar-refractivity contribution in [2.45, 2.75) is 39.8 Å². The Kier molecular flexibility index (Phi) is 3.53. The van der Waals surface area contributed by atoms with Crippen LogP contribution in [-0.4, -0.2) is 27.1 Å². The monoisotopic (exact) mass is 283 g/mol. The Morgan fingerprint density at radius 3 is 2.57 bits per heavy atom. The number of nitrogens with zero attached hydrogens (tertiary/aromatic N) is 3. The molecule has 4 nitrogen and oxygen atoms in total. The first-order valence-electron chi connectivity index (χ1n) is 7.49. The summed E-state index contributed by atoms with van der Waals surface area (Å²) in [7, 11) is 0. The lowest BCUT2D eigenvalue weighted by atomic mass is 10.0. The number of rotatable bonds is 2. The standard InChI is InChI=1S/C17H21N3O/c1-12(2)20-16-9-10-19(13(3)21)11-15(16)17(18-20)14-7-5-4-6-8-14/h4-8,12H,9-11H2,1-3H3. The van der Waals surface area contributed by atoms with Gasteiger partial charge in [0.1, 0.15) is 0 Å². The molecule has 1 amide bonds. The second kappa shape index (κ2) is 5.35. The number of carbonyl (C=O) groups is 1. The summed E-state index contributed by atoms with van der Waals surface area (Å²) in [5.74, 6) is 0.136. The summed E-state index contributed by atoms with van der Waals surface area (Å²) in [6, 6.07) is 10.6. The molecule has 4 heteroatoms. The highest BCUT2D eigenvalue weighted by molar-refractivity contribution is 5.74. The lowest BCUT2D eigenvalue weighted by Crippen LogP contribution is -2.34. The Morgan fingerprint density at radius 2 is 1.95 bits per heavy atom. The molecule has 0 radical (unpaired) electrons. The van der Waals surface area contributed by atoms with Gasteiger partial charge in [-0.3, -0.25) is 9.48 Å². The van der Waals surface area contributed by atoms with Gasteiger partial charge in [-0.25, -0.2) is 0 Å². The fraction of sp³-hybridized carbons (Fsp3) is 0.412. The smallest absolute Gasteiger partial charge is 0.219 e. The van der Waals surface area contributed by atoms with Crippen molar-refractivity contribution in [3.8, 4) is 11.3 Å². The Morgan fingerprint density at radius 1 is 1.24 bits per heavy atom. The molecular weight excluding hydrogens is 262 g/mol. The quantitative estimate of drug-likeness (QED) is 0.849. The van der Waals surface area contributed by atoms with Gasteiger partial charge in [0.05, 0.1) is 5.69 Å². The van der Waals surface area contributed by atoms with E-state index in [-0.39, 0.29) is 5.91 Å². The van der Waals surface area contributed by atoms with Crippen molar-refractivity contribution in [3.05, 3.63) is 41.6 Å². The third-order valence-corrected chi connectivity index (χ3v) is 4.07. The molecule has 1 aromatic carbocycles. The van der Waals surface area contributed by atoms with Crippen LogP contribution in [0.15, 0.2) is 30.3 Å². The average molecular weight is 283 g/mol. The van der Waals surface area contributed by atoms with Crippen LogP contribution in [0.4, 0.5) is 0 Å². The van der Waals surface area contributed by atoms with E-state index in [0.29, 0.717) is 12.6 Å². The van der Waals surface area contributed by atoms with Crippen molar-refractivity contribution < 1.29 is 4.79 Å². The number of hydrogen-bond acceptors (Lipinski definition) is 2. The predicted octanol–water partition coefficient (Wildman–Crippen LogP) is 3.04. The van der Waals surface area contributed by atoms with Crippen LogP contribution in [-0.2, 0) is 17.8 Å². The van der Waals surface area contributed by atoms with Crippen molar-refractivity contribution in [2.24, 2.45) is 0 Å². The number of aromatic nitrogens is 2. The van der Waals surface area contributed by atoms with Crippen LogP contribution < -0.4 is 0 Å². The van der Waals surface area contributed by atoms with Gasteiger partial charge < -0.3 is 4.90 Å². The molecule has 1 aliphatic heterocycles. The first-order chi connectivity index (χ1) is 10.1. The van der Waals surface area contributed by atoms with Gasteiger partial charge in [-0.2, -0.15) is 5.10 Å². The summed E-state index contributed by atoms with van der Waals surface area (Å²) >= 11 is 0. The zero-order chi connectivity index (χ0) is 15.0. The van der Waals surface area contributed by atoms with Gasteiger partial charge in [-0.15, -0.1) is 0 Å². The summed E-state index contributed by atoms with van der Waals surface area (Å²) in [5, 5.41) is 4.83. The summed E-state index contributed by atoms with van der Waals surface area (Å²) < 4.78 is 2.12. The first-order valence-corrected chi connectivity index (χ1v) is 7.49. The molecule has 2 aromatic rings. The van der Waals surface area contributed by atoms with E-state index in [1.165, 1.54) is 11.3 Å². The Bertz CT molecular complexity index is 658. The van der Waals surface area contributed by atoms with E-state index < -0.39 is 0 Å². The molecule has 110 valence electrons. The zero-order valence-corrected chi connectivity index (χ0v) is 12.8. The maximum atomic E-state index is 11.7. The Labute approximate surface area is 125 Å². The van der Waals surface area contributed by atoms with Crippen LogP contribution in [0.25, 0.3) is 11.3 Å². The second-order valence-corrected chi connectivity index (χ2v) is 5.87. The zero-order valence-electron chi connectivity index (χ0n) is 12.8. The third-order valence-electron chi connectivity index (χ3n) is 4.07. The van der Waals surface area contributed by atoms with E-state index in [9.17, 15) is 4.79 Å². The highest BCUT2D eigenvalue weighted by Gasteiger charge is 2.27. The average Bonchev–Trinajstić information content (AvgIpc) is 2.87. The van der Waals surface area contributed by atoms with E-state index in [4.69, 9.17) is 5.10 Å². The molecule has 0 unspecified atom stereocenters. The molecule has 2 heterocycles. The number of fused-ring (bicyclic) bond motifs is 1. The fourth-order valence-corrected chi connectivity index (χ4v) is 2.97. The molecule has 0 saturated carbocycles. The van der Waals surface area contributed by atoms with Crippen molar-refractivity contribution in [2.75, 3.05) is 6.54 Å². The largest absolute Gasteiger partial charge is 0.338 e. The van der Waals surface area contributed by atoms with Gasteiger partial charge in [0.15, 0.2) is 0 Å². The van der Waals surface area contributed by atoms with E-state index in [1.807, 2.05) is 23.1 Å². The van der Waals surface area contributed by atoms with Crippen LogP contribution in [0.5, 0.6) is 0 Å². The molecule has 21 heavy (non-hydrogen) atoms.